The van der Waals surface area contributed by atoms with Gasteiger partial charge in [0.25, 0.3) is 0 Å². The zero-order valence-electron chi connectivity index (χ0n) is 7.66. The first-order chi connectivity index (χ1) is 6.72. The summed E-state index contributed by atoms with van der Waals surface area (Å²) < 4.78 is 0. The summed E-state index contributed by atoms with van der Waals surface area (Å²) in [7, 11) is 0. The molecule has 0 spiro atoms. The predicted octanol–water partition coefficient (Wildman–Crippen LogP) is 1.41. The molecule has 3 N–H and O–H groups in total. The second-order valence-electron chi connectivity index (χ2n) is 2.80. The maximum atomic E-state index is 11.2. The third-order valence-electron chi connectivity index (χ3n) is 1.60. The van der Waals surface area contributed by atoms with E-state index in [9.17, 15) is 4.79 Å². The number of nitrogens with two attached hydrogens (primary N) is 1. The second-order valence-corrected chi connectivity index (χ2v) is 3.24. The highest BCUT2D eigenvalue weighted by molar-refractivity contribution is 6.30. The number of hydrogen-bond acceptors (Lipinski definition) is 3. The fourth-order valence-electron chi connectivity index (χ4n) is 0.918. The van der Waals surface area contributed by atoms with Crippen LogP contribution in [0.25, 0.3) is 0 Å². The van der Waals surface area contributed by atoms with Gasteiger partial charge < -0.3 is 11.1 Å². The predicted molar refractivity (Wildman–Crippen MR) is 56.2 cm³/mol. The molecule has 5 heteroatoms. The van der Waals surface area contributed by atoms with E-state index in [1.165, 1.54) is 6.20 Å². The number of aromatic nitrogens is 1. The Bertz CT molecular complexity index is 299. The number of nitrogens with one attached hydrogen (secondary N) is 1. The van der Waals surface area contributed by atoms with Crippen LogP contribution in [-0.4, -0.2) is 17.4 Å². The first kappa shape index (κ1) is 10.9. The van der Waals surface area contributed by atoms with Crippen LogP contribution in [0.4, 0.5) is 5.82 Å². The highest BCUT2D eigenvalue weighted by Gasteiger charge is 2.01. The number of anilines is 1. The molecule has 0 aliphatic rings. The monoisotopic (exact) mass is 213 g/mol. The van der Waals surface area contributed by atoms with Gasteiger partial charge in [0, 0.05) is 12.6 Å². The molecule has 1 aromatic rings. The fraction of sp³-hybridized carbons (Fsp3) is 0.333. The summed E-state index contributed by atoms with van der Waals surface area (Å²) in [6.45, 7) is 0.515. The largest absolute Gasteiger partial charge is 0.330 e. The number of carbonyl (C=O) groups excluding carboxylic acids is 1. The average molecular weight is 214 g/mol. The van der Waals surface area contributed by atoms with Crippen molar-refractivity contribution < 1.29 is 4.79 Å². The summed E-state index contributed by atoms with van der Waals surface area (Å²) in [5, 5.41) is 3.19. The molecular weight excluding hydrogens is 202 g/mol. The van der Waals surface area contributed by atoms with Crippen molar-refractivity contribution in [2.45, 2.75) is 12.8 Å². The molecule has 0 fully saturated rings. The van der Waals surface area contributed by atoms with Crippen LogP contribution in [-0.2, 0) is 4.79 Å². The molecule has 0 radical (unpaired) electrons. The molecule has 76 valence electrons. The second kappa shape index (κ2) is 5.57. The van der Waals surface area contributed by atoms with Crippen LogP contribution in [0.15, 0.2) is 18.3 Å². The van der Waals surface area contributed by atoms with Crippen LogP contribution < -0.4 is 11.1 Å². The smallest absolute Gasteiger partial charge is 0.225 e. The highest BCUT2D eigenvalue weighted by Crippen LogP contribution is 2.09. The van der Waals surface area contributed by atoms with Crippen molar-refractivity contribution in [3.05, 3.63) is 23.4 Å². The standard InChI is InChI=1S/C9H12ClN3O/c10-7-3-4-8(12-6-7)13-9(14)2-1-5-11/h3-4,6H,1-2,5,11H2,(H,12,13,14). The lowest BCUT2D eigenvalue weighted by molar-refractivity contribution is -0.116. The Labute approximate surface area is 87.5 Å². The van der Waals surface area contributed by atoms with Crippen molar-refractivity contribution in [1.29, 1.82) is 0 Å². The first-order valence-corrected chi connectivity index (χ1v) is 4.71. The molecule has 0 aliphatic heterocycles. The summed E-state index contributed by atoms with van der Waals surface area (Å²) >= 11 is 5.64. The molecule has 0 bridgehead atoms. The highest BCUT2D eigenvalue weighted by atomic mass is 35.5. The average Bonchev–Trinajstić information content (AvgIpc) is 2.18. The van der Waals surface area contributed by atoms with Gasteiger partial charge in [-0.2, -0.15) is 0 Å². The number of amides is 1. The van der Waals surface area contributed by atoms with Crippen molar-refractivity contribution in [1.82, 2.24) is 4.98 Å². The molecule has 14 heavy (non-hydrogen) atoms. The van der Waals surface area contributed by atoms with E-state index in [0.717, 1.165) is 0 Å². The van der Waals surface area contributed by atoms with Gasteiger partial charge in [0.2, 0.25) is 5.91 Å². The van der Waals surface area contributed by atoms with Gasteiger partial charge in [-0.3, -0.25) is 4.79 Å². The van der Waals surface area contributed by atoms with Crippen LogP contribution >= 0.6 is 11.6 Å². The molecule has 1 aromatic heterocycles. The van der Waals surface area contributed by atoms with E-state index in [4.69, 9.17) is 17.3 Å². The van der Waals surface area contributed by atoms with Crippen LogP contribution in [0.1, 0.15) is 12.8 Å². The first-order valence-electron chi connectivity index (χ1n) is 4.34. The summed E-state index contributed by atoms with van der Waals surface area (Å²) in [5.74, 6) is 0.432. The summed E-state index contributed by atoms with van der Waals surface area (Å²) in [6, 6.07) is 3.33. The summed E-state index contributed by atoms with van der Waals surface area (Å²) in [4.78, 5) is 15.1. The van der Waals surface area contributed by atoms with Crippen molar-refractivity contribution in [2.24, 2.45) is 5.73 Å². The minimum atomic E-state index is -0.0785. The molecule has 0 unspecified atom stereocenters. The van der Waals surface area contributed by atoms with E-state index in [-0.39, 0.29) is 5.91 Å². The summed E-state index contributed by atoms with van der Waals surface area (Å²) in [6.07, 6.45) is 2.58. The Morgan fingerprint density at radius 3 is 2.93 bits per heavy atom. The fourth-order valence-corrected chi connectivity index (χ4v) is 1.03. The normalized spacial score (nSPS) is 9.86. The zero-order chi connectivity index (χ0) is 10.4. The van der Waals surface area contributed by atoms with E-state index >= 15 is 0 Å². The molecule has 0 saturated heterocycles. The lowest BCUT2D eigenvalue weighted by Crippen LogP contribution is -2.14. The lowest BCUT2D eigenvalue weighted by atomic mass is 10.3. The Balaban J connectivity index is 2.44. The molecule has 4 nitrogen and oxygen atoms in total. The third kappa shape index (κ3) is 3.72. The molecule has 1 rings (SSSR count). The Morgan fingerprint density at radius 1 is 1.57 bits per heavy atom. The van der Waals surface area contributed by atoms with Crippen LogP contribution in [0.3, 0.4) is 0 Å². The lowest BCUT2D eigenvalue weighted by Gasteiger charge is -2.02. The van der Waals surface area contributed by atoms with Gasteiger partial charge >= 0.3 is 0 Å². The quantitative estimate of drug-likeness (QED) is 0.795. The van der Waals surface area contributed by atoms with Crippen LogP contribution in [0.5, 0.6) is 0 Å². The SMILES string of the molecule is NCCCC(=O)Nc1ccc(Cl)cn1. The topological polar surface area (TPSA) is 68.0 Å². The van der Waals surface area contributed by atoms with Crippen molar-refractivity contribution in [3.63, 3.8) is 0 Å². The van der Waals surface area contributed by atoms with Gasteiger partial charge in [-0.1, -0.05) is 11.6 Å². The van der Waals surface area contributed by atoms with Gasteiger partial charge in [0.15, 0.2) is 0 Å². The van der Waals surface area contributed by atoms with Gasteiger partial charge in [0.05, 0.1) is 5.02 Å². The van der Waals surface area contributed by atoms with E-state index in [2.05, 4.69) is 10.3 Å². The maximum Gasteiger partial charge on any atom is 0.225 e. The Hall–Kier alpha value is -1.13. The molecule has 0 saturated carbocycles. The minimum absolute atomic E-state index is 0.0785. The molecular formula is C9H12ClN3O. The van der Waals surface area contributed by atoms with Crippen molar-refractivity contribution >= 4 is 23.3 Å². The number of rotatable bonds is 4. The van der Waals surface area contributed by atoms with E-state index in [1.54, 1.807) is 12.1 Å². The number of pyridine rings is 1. The number of hydrogen-bond donors (Lipinski definition) is 2. The molecule has 1 amide bonds. The van der Waals surface area contributed by atoms with Crippen LogP contribution in [0, 0.1) is 0 Å². The zero-order valence-corrected chi connectivity index (χ0v) is 8.42. The van der Waals surface area contributed by atoms with Crippen molar-refractivity contribution in [2.75, 3.05) is 11.9 Å². The number of nitrogens with zero attached hydrogens (tertiary/aromatic N) is 1. The molecule has 0 atom stereocenters. The van der Waals surface area contributed by atoms with E-state index in [0.29, 0.717) is 30.2 Å². The number of carbonyl (C=O) groups is 1. The van der Waals surface area contributed by atoms with E-state index in [1.807, 2.05) is 0 Å². The van der Waals surface area contributed by atoms with Gasteiger partial charge in [0.1, 0.15) is 5.82 Å². The van der Waals surface area contributed by atoms with Gasteiger partial charge in [-0.25, -0.2) is 4.98 Å². The van der Waals surface area contributed by atoms with Crippen LogP contribution in [0.2, 0.25) is 5.02 Å². The summed E-state index contributed by atoms with van der Waals surface area (Å²) in [5.41, 5.74) is 5.28. The Kier molecular flexibility index (Phi) is 4.35. The molecule has 0 aliphatic carbocycles. The van der Waals surface area contributed by atoms with Gasteiger partial charge in [-0.15, -0.1) is 0 Å². The third-order valence-corrected chi connectivity index (χ3v) is 1.83. The van der Waals surface area contributed by atoms with Crippen molar-refractivity contribution in [3.8, 4) is 0 Å². The van der Waals surface area contributed by atoms with Gasteiger partial charge in [-0.05, 0) is 25.1 Å². The minimum Gasteiger partial charge on any atom is -0.330 e. The maximum absolute atomic E-state index is 11.2. The molecule has 1 heterocycles. The van der Waals surface area contributed by atoms with E-state index < -0.39 is 0 Å². The molecule has 0 aromatic carbocycles. The number of halogens is 1. The Morgan fingerprint density at radius 2 is 2.36 bits per heavy atom.